The molecule has 1 aromatic carbocycles. The highest BCUT2D eigenvalue weighted by molar-refractivity contribution is 7.14. The van der Waals surface area contributed by atoms with E-state index in [0.29, 0.717) is 0 Å². The Balaban J connectivity index is 1.85. The Bertz CT molecular complexity index is 798. The van der Waals surface area contributed by atoms with Gasteiger partial charge in [0, 0.05) is 4.88 Å². The zero-order valence-electron chi connectivity index (χ0n) is 12.8. The van der Waals surface area contributed by atoms with E-state index in [1.165, 1.54) is 16.2 Å². The summed E-state index contributed by atoms with van der Waals surface area (Å²) in [6.07, 6.45) is 1.69. The number of anilines is 1. The van der Waals surface area contributed by atoms with Crippen LogP contribution < -0.4 is 5.32 Å². The van der Waals surface area contributed by atoms with Crippen LogP contribution in [0, 0.1) is 20.8 Å². The number of para-hydroxylation sites is 1. The predicted molar refractivity (Wildman–Crippen MR) is 90.0 cm³/mol. The molecular weight excluding hydrogens is 294 g/mol. The third-order valence-electron chi connectivity index (χ3n) is 3.65. The van der Waals surface area contributed by atoms with Crippen LogP contribution in [0.4, 0.5) is 5.69 Å². The Morgan fingerprint density at radius 2 is 1.91 bits per heavy atom. The van der Waals surface area contributed by atoms with Crippen LogP contribution in [0.15, 0.2) is 42.6 Å². The summed E-state index contributed by atoms with van der Waals surface area (Å²) in [6.45, 7) is 5.98. The Morgan fingerprint density at radius 3 is 2.55 bits per heavy atom. The normalized spacial score (nSPS) is 10.7. The van der Waals surface area contributed by atoms with Crippen molar-refractivity contribution < 1.29 is 4.79 Å². The van der Waals surface area contributed by atoms with E-state index in [2.05, 4.69) is 10.4 Å². The molecule has 1 N–H and O–H groups in total. The lowest BCUT2D eigenvalue weighted by Gasteiger charge is -2.06. The molecule has 2 aromatic heterocycles. The van der Waals surface area contributed by atoms with Gasteiger partial charge in [0.1, 0.15) is 0 Å². The maximum Gasteiger partial charge on any atom is 0.265 e. The molecule has 0 atom stereocenters. The number of aromatic nitrogens is 2. The molecule has 3 aromatic rings. The van der Waals surface area contributed by atoms with Crippen molar-refractivity contribution in [2.45, 2.75) is 20.8 Å². The van der Waals surface area contributed by atoms with Crippen LogP contribution >= 0.6 is 11.3 Å². The number of nitrogens with zero attached hydrogens (tertiary/aromatic N) is 2. The first-order chi connectivity index (χ1) is 10.6. The number of hydrogen-bond donors (Lipinski definition) is 1. The Hall–Kier alpha value is -2.40. The van der Waals surface area contributed by atoms with Gasteiger partial charge in [-0.25, -0.2) is 4.68 Å². The average Bonchev–Trinajstić information content (AvgIpc) is 3.04. The van der Waals surface area contributed by atoms with Gasteiger partial charge in [-0.3, -0.25) is 4.79 Å². The van der Waals surface area contributed by atoms with Gasteiger partial charge in [0.25, 0.3) is 5.91 Å². The summed E-state index contributed by atoms with van der Waals surface area (Å²) >= 11 is 1.51. The number of benzene rings is 1. The summed E-state index contributed by atoms with van der Waals surface area (Å²) < 4.78 is 1.82. The molecule has 0 saturated heterocycles. The van der Waals surface area contributed by atoms with Crippen molar-refractivity contribution in [2.24, 2.45) is 0 Å². The first kappa shape index (κ1) is 14.5. The fourth-order valence-corrected chi connectivity index (χ4v) is 3.16. The van der Waals surface area contributed by atoms with Crippen LogP contribution in [0.2, 0.25) is 0 Å². The third kappa shape index (κ3) is 2.67. The molecule has 0 aliphatic carbocycles. The summed E-state index contributed by atoms with van der Waals surface area (Å²) in [6, 6.07) is 11.8. The lowest BCUT2D eigenvalue weighted by molar-refractivity contribution is 0.103. The maximum atomic E-state index is 12.3. The molecule has 0 aliphatic rings. The van der Waals surface area contributed by atoms with Gasteiger partial charge in [0.05, 0.1) is 28.1 Å². The number of hydrogen-bond acceptors (Lipinski definition) is 3. The highest BCUT2D eigenvalue weighted by Gasteiger charge is 2.14. The molecule has 0 fully saturated rings. The zero-order chi connectivity index (χ0) is 15.7. The van der Waals surface area contributed by atoms with E-state index in [1.807, 2.05) is 61.9 Å². The first-order valence-corrected chi connectivity index (χ1v) is 7.86. The smallest absolute Gasteiger partial charge is 0.265 e. The van der Waals surface area contributed by atoms with Crippen molar-refractivity contribution in [1.82, 2.24) is 9.78 Å². The minimum atomic E-state index is -0.0862. The number of nitrogens with one attached hydrogen (secondary N) is 1. The Kier molecular flexibility index (Phi) is 3.81. The lowest BCUT2D eigenvalue weighted by atomic mass is 10.2. The fraction of sp³-hybridized carbons (Fsp3) is 0.176. The molecule has 3 rings (SSSR count). The molecule has 22 heavy (non-hydrogen) atoms. The molecule has 112 valence electrons. The average molecular weight is 311 g/mol. The van der Waals surface area contributed by atoms with Gasteiger partial charge in [0.2, 0.25) is 0 Å². The number of rotatable bonds is 3. The topological polar surface area (TPSA) is 46.9 Å². The van der Waals surface area contributed by atoms with Crippen molar-refractivity contribution in [3.8, 4) is 5.69 Å². The minimum Gasteiger partial charge on any atom is -0.318 e. The van der Waals surface area contributed by atoms with Crippen molar-refractivity contribution in [1.29, 1.82) is 0 Å². The standard InChI is InChI=1S/C17H17N3OS/c1-11-9-16(22-13(11)3)17(21)19-15-10-18-20(12(15)2)14-7-5-4-6-8-14/h4-10H,1-3H3,(H,19,21). The molecule has 1 amide bonds. The van der Waals surface area contributed by atoms with Gasteiger partial charge in [0.15, 0.2) is 0 Å². The molecule has 2 heterocycles. The lowest BCUT2D eigenvalue weighted by Crippen LogP contribution is -2.11. The van der Waals surface area contributed by atoms with Gasteiger partial charge in [-0.2, -0.15) is 5.10 Å². The second-order valence-corrected chi connectivity index (χ2v) is 6.45. The molecule has 4 nitrogen and oxygen atoms in total. The van der Waals surface area contributed by atoms with Crippen LogP contribution in [0.3, 0.4) is 0 Å². The van der Waals surface area contributed by atoms with Crippen molar-refractivity contribution in [2.75, 3.05) is 5.32 Å². The highest BCUT2D eigenvalue weighted by atomic mass is 32.1. The van der Waals surface area contributed by atoms with E-state index >= 15 is 0 Å². The monoisotopic (exact) mass is 311 g/mol. The van der Waals surface area contributed by atoms with E-state index in [-0.39, 0.29) is 5.91 Å². The van der Waals surface area contributed by atoms with E-state index in [4.69, 9.17) is 0 Å². The summed E-state index contributed by atoms with van der Waals surface area (Å²) in [4.78, 5) is 14.2. The molecule has 5 heteroatoms. The van der Waals surface area contributed by atoms with Gasteiger partial charge in [-0.1, -0.05) is 18.2 Å². The summed E-state index contributed by atoms with van der Waals surface area (Å²) in [5.41, 5.74) is 3.76. The van der Waals surface area contributed by atoms with Crippen LogP contribution in [0.1, 0.15) is 25.8 Å². The molecule has 0 saturated carbocycles. The first-order valence-electron chi connectivity index (χ1n) is 7.04. The van der Waals surface area contributed by atoms with Crippen LogP contribution in [0.5, 0.6) is 0 Å². The SMILES string of the molecule is Cc1cc(C(=O)Nc2cnn(-c3ccccc3)c2C)sc1C. The van der Waals surface area contributed by atoms with Gasteiger partial charge < -0.3 is 5.32 Å². The fourth-order valence-electron chi connectivity index (χ4n) is 2.23. The van der Waals surface area contributed by atoms with Crippen LogP contribution in [-0.4, -0.2) is 15.7 Å². The maximum absolute atomic E-state index is 12.3. The van der Waals surface area contributed by atoms with Crippen molar-refractivity contribution in [3.63, 3.8) is 0 Å². The van der Waals surface area contributed by atoms with Gasteiger partial charge >= 0.3 is 0 Å². The van der Waals surface area contributed by atoms with E-state index in [1.54, 1.807) is 6.20 Å². The van der Waals surface area contributed by atoms with Crippen molar-refractivity contribution in [3.05, 3.63) is 63.6 Å². The van der Waals surface area contributed by atoms with Gasteiger partial charge in [-0.15, -0.1) is 11.3 Å². The van der Waals surface area contributed by atoms with Crippen LogP contribution in [0.25, 0.3) is 5.69 Å². The molecule has 0 spiro atoms. The molecular formula is C17H17N3OS. The Labute approximate surface area is 133 Å². The van der Waals surface area contributed by atoms with Crippen molar-refractivity contribution >= 4 is 22.9 Å². The van der Waals surface area contributed by atoms with Crippen LogP contribution in [-0.2, 0) is 0 Å². The third-order valence-corrected chi connectivity index (χ3v) is 4.80. The number of aryl methyl sites for hydroxylation is 2. The van der Waals surface area contributed by atoms with E-state index in [9.17, 15) is 4.79 Å². The number of carbonyl (C=O) groups is 1. The molecule has 0 aliphatic heterocycles. The number of thiophene rings is 1. The van der Waals surface area contributed by atoms with E-state index in [0.717, 1.165) is 27.5 Å². The minimum absolute atomic E-state index is 0.0862. The largest absolute Gasteiger partial charge is 0.318 e. The summed E-state index contributed by atoms with van der Waals surface area (Å²) in [7, 11) is 0. The Morgan fingerprint density at radius 1 is 1.18 bits per heavy atom. The molecule has 0 bridgehead atoms. The molecule has 0 radical (unpaired) electrons. The van der Waals surface area contributed by atoms with Gasteiger partial charge in [-0.05, 0) is 44.5 Å². The number of amides is 1. The van der Waals surface area contributed by atoms with E-state index < -0.39 is 0 Å². The highest BCUT2D eigenvalue weighted by Crippen LogP contribution is 2.23. The predicted octanol–water partition coefficient (Wildman–Crippen LogP) is 4.11. The second kappa shape index (κ2) is 5.77. The number of carbonyl (C=O) groups excluding carboxylic acids is 1. The zero-order valence-corrected chi connectivity index (χ0v) is 13.6. The quantitative estimate of drug-likeness (QED) is 0.791. The molecule has 0 unspecified atom stereocenters. The summed E-state index contributed by atoms with van der Waals surface area (Å²) in [5, 5.41) is 7.31. The summed E-state index contributed by atoms with van der Waals surface area (Å²) in [5.74, 6) is -0.0862. The second-order valence-electron chi connectivity index (χ2n) is 5.19.